The first-order chi connectivity index (χ1) is 6.91. The number of hydrogen-bond donors (Lipinski definition) is 3. The lowest BCUT2D eigenvalue weighted by atomic mass is 9.85. The van der Waals surface area contributed by atoms with Crippen LogP contribution in [0.15, 0.2) is 0 Å². The van der Waals surface area contributed by atoms with Crippen molar-refractivity contribution < 1.29 is 10.2 Å². The molecule has 0 rings (SSSR count). The third-order valence-electron chi connectivity index (χ3n) is 2.70. The number of nitrogens with zero attached hydrogens (tertiary/aromatic N) is 1. The minimum atomic E-state index is 0.115. The van der Waals surface area contributed by atoms with E-state index in [1.807, 2.05) is 4.90 Å². The van der Waals surface area contributed by atoms with Gasteiger partial charge in [0.15, 0.2) is 0 Å². The van der Waals surface area contributed by atoms with Crippen molar-refractivity contribution in [2.45, 2.75) is 33.2 Å². The zero-order valence-electron chi connectivity index (χ0n) is 10.2. The van der Waals surface area contributed by atoms with E-state index < -0.39 is 0 Å². The minimum Gasteiger partial charge on any atom is -0.395 e. The second kappa shape index (κ2) is 7.17. The average molecular weight is 218 g/mol. The first-order valence-electron chi connectivity index (χ1n) is 5.61. The molecule has 0 aliphatic carbocycles. The van der Waals surface area contributed by atoms with Gasteiger partial charge in [-0.2, -0.15) is 0 Å². The van der Waals surface area contributed by atoms with Crippen molar-refractivity contribution >= 4 is 0 Å². The lowest BCUT2D eigenvalue weighted by Gasteiger charge is -2.29. The molecule has 4 heteroatoms. The van der Waals surface area contributed by atoms with Gasteiger partial charge in [0.25, 0.3) is 0 Å². The average Bonchev–Trinajstić information content (AvgIpc) is 2.12. The largest absolute Gasteiger partial charge is 0.395 e. The van der Waals surface area contributed by atoms with Gasteiger partial charge < -0.3 is 15.9 Å². The van der Waals surface area contributed by atoms with Crippen LogP contribution in [0.3, 0.4) is 0 Å². The van der Waals surface area contributed by atoms with Gasteiger partial charge in [0, 0.05) is 19.1 Å². The highest BCUT2D eigenvalue weighted by Crippen LogP contribution is 2.19. The van der Waals surface area contributed by atoms with Crippen LogP contribution in [-0.2, 0) is 0 Å². The van der Waals surface area contributed by atoms with Crippen LogP contribution < -0.4 is 5.73 Å². The highest BCUT2D eigenvalue weighted by molar-refractivity contribution is 4.78. The summed E-state index contributed by atoms with van der Waals surface area (Å²) in [5.41, 5.74) is 6.15. The van der Waals surface area contributed by atoms with Crippen LogP contribution in [0.4, 0.5) is 0 Å². The van der Waals surface area contributed by atoms with Gasteiger partial charge in [-0.15, -0.1) is 0 Å². The Labute approximate surface area is 93.1 Å². The number of nitrogens with two attached hydrogens (primary N) is 1. The second-order valence-electron chi connectivity index (χ2n) is 5.05. The standard InChI is InChI=1S/C11H26N2O2/c1-11(2,3)10(12)4-5-13(6-8-14)7-9-15/h10,14-15H,4-9,12H2,1-3H3. The highest BCUT2D eigenvalue weighted by Gasteiger charge is 2.20. The Kier molecular flexibility index (Phi) is 7.09. The van der Waals surface area contributed by atoms with Crippen LogP contribution in [0.25, 0.3) is 0 Å². The van der Waals surface area contributed by atoms with Gasteiger partial charge in [0.2, 0.25) is 0 Å². The van der Waals surface area contributed by atoms with Crippen molar-refractivity contribution in [3.8, 4) is 0 Å². The molecule has 4 nitrogen and oxygen atoms in total. The third kappa shape index (κ3) is 6.84. The molecule has 0 aromatic rings. The zero-order chi connectivity index (χ0) is 11.9. The summed E-state index contributed by atoms with van der Waals surface area (Å²) in [5, 5.41) is 17.7. The molecule has 0 heterocycles. The number of hydrogen-bond acceptors (Lipinski definition) is 4. The smallest absolute Gasteiger partial charge is 0.0558 e. The van der Waals surface area contributed by atoms with E-state index in [0.29, 0.717) is 13.1 Å². The Hall–Kier alpha value is -0.160. The summed E-state index contributed by atoms with van der Waals surface area (Å²) in [5.74, 6) is 0. The van der Waals surface area contributed by atoms with E-state index in [9.17, 15) is 0 Å². The quantitative estimate of drug-likeness (QED) is 0.564. The molecule has 0 amide bonds. The molecule has 0 aromatic heterocycles. The van der Waals surface area contributed by atoms with Crippen LogP contribution in [0.5, 0.6) is 0 Å². The fraction of sp³-hybridized carbons (Fsp3) is 1.00. The van der Waals surface area contributed by atoms with Crippen molar-refractivity contribution in [2.75, 3.05) is 32.8 Å². The molecule has 15 heavy (non-hydrogen) atoms. The van der Waals surface area contributed by atoms with Crippen molar-refractivity contribution in [2.24, 2.45) is 11.1 Å². The van der Waals surface area contributed by atoms with Gasteiger partial charge in [-0.1, -0.05) is 20.8 Å². The van der Waals surface area contributed by atoms with Crippen LogP contribution in [0.1, 0.15) is 27.2 Å². The maximum absolute atomic E-state index is 8.83. The molecule has 0 aromatic carbocycles. The van der Waals surface area contributed by atoms with Crippen molar-refractivity contribution in [1.29, 1.82) is 0 Å². The van der Waals surface area contributed by atoms with Gasteiger partial charge in [-0.3, -0.25) is 4.90 Å². The Morgan fingerprint density at radius 1 is 1.07 bits per heavy atom. The third-order valence-corrected chi connectivity index (χ3v) is 2.70. The van der Waals surface area contributed by atoms with E-state index in [0.717, 1.165) is 13.0 Å². The molecule has 4 N–H and O–H groups in total. The fourth-order valence-corrected chi connectivity index (χ4v) is 1.37. The molecule has 1 atom stereocenters. The van der Waals surface area contributed by atoms with E-state index in [1.165, 1.54) is 0 Å². The predicted molar refractivity (Wildman–Crippen MR) is 62.7 cm³/mol. The molecule has 0 saturated heterocycles. The van der Waals surface area contributed by atoms with Crippen molar-refractivity contribution in [3.63, 3.8) is 0 Å². The molecule has 0 bridgehead atoms. The van der Waals surface area contributed by atoms with Crippen LogP contribution in [0.2, 0.25) is 0 Å². The Morgan fingerprint density at radius 3 is 1.87 bits per heavy atom. The Balaban J connectivity index is 3.87. The molecule has 0 saturated carbocycles. The van der Waals surface area contributed by atoms with E-state index in [-0.39, 0.29) is 24.7 Å². The summed E-state index contributed by atoms with van der Waals surface area (Å²) in [6, 6.07) is 0.150. The van der Waals surface area contributed by atoms with Gasteiger partial charge in [0.1, 0.15) is 0 Å². The molecule has 0 aliphatic heterocycles. The van der Waals surface area contributed by atoms with Crippen LogP contribution in [-0.4, -0.2) is 54.0 Å². The summed E-state index contributed by atoms with van der Waals surface area (Å²) in [6.07, 6.45) is 0.892. The summed E-state index contributed by atoms with van der Waals surface area (Å²) in [6.45, 7) is 8.68. The summed E-state index contributed by atoms with van der Waals surface area (Å²) < 4.78 is 0. The molecular formula is C11H26N2O2. The van der Waals surface area contributed by atoms with E-state index in [4.69, 9.17) is 15.9 Å². The highest BCUT2D eigenvalue weighted by atomic mass is 16.3. The number of aliphatic hydroxyl groups excluding tert-OH is 2. The summed E-state index contributed by atoms with van der Waals surface area (Å²) in [7, 11) is 0. The van der Waals surface area contributed by atoms with Crippen molar-refractivity contribution in [1.82, 2.24) is 4.90 Å². The molecule has 0 fully saturated rings. The fourth-order valence-electron chi connectivity index (χ4n) is 1.37. The zero-order valence-corrected chi connectivity index (χ0v) is 10.2. The number of aliphatic hydroxyl groups is 2. The van der Waals surface area contributed by atoms with E-state index >= 15 is 0 Å². The summed E-state index contributed by atoms with van der Waals surface area (Å²) in [4.78, 5) is 2.03. The molecule has 1 unspecified atom stereocenters. The van der Waals surface area contributed by atoms with Gasteiger partial charge in [0.05, 0.1) is 13.2 Å². The minimum absolute atomic E-state index is 0.115. The maximum Gasteiger partial charge on any atom is 0.0558 e. The normalized spacial score (nSPS) is 14.6. The molecular weight excluding hydrogens is 192 g/mol. The van der Waals surface area contributed by atoms with Crippen LogP contribution >= 0.6 is 0 Å². The van der Waals surface area contributed by atoms with Gasteiger partial charge in [-0.05, 0) is 18.4 Å². The lowest BCUT2D eigenvalue weighted by molar-refractivity contribution is 0.150. The Bertz CT molecular complexity index is 151. The SMILES string of the molecule is CC(C)(C)C(N)CCN(CCO)CCO. The second-order valence-corrected chi connectivity index (χ2v) is 5.05. The molecule has 0 spiro atoms. The van der Waals surface area contributed by atoms with Gasteiger partial charge in [-0.25, -0.2) is 0 Å². The van der Waals surface area contributed by atoms with E-state index in [1.54, 1.807) is 0 Å². The number of rotatable bonds is 7. The predicted octanol–water partition coefficient (Wildman–Crippen LogP) is 0.0365. The topological polar surface area (TPSA) is 69.7 Å². The van der Waals surface area contributed by atoms with E-state index in [2.05, 4.69) is 20.8 Å². The summed E-state index contributed by atoms with van der Waals surface area (Å²) >= 11 is 0. The lowest BCUT2D eigenvalue weighted by Crippen LogP contribution is -2.40. The molecule has 92 valence electrons. The first-order valence-corrected chi connectivity index (χ1v) is 5.61. The van der Waals surface area contributed by atoms with Crippen molar-refractivity contribution in [3.05, 3.63) is 0 Å². The molecule has 0 radical (unpaired) electrons. The van der Waals surface area contributed by atoms with Gasteiger partial charge >= 0.3 is 0 Å². The molecule has 0 aliphatic rings. The monoisotopic (exact) mass is 218 g/mol. The Morgan fingerprint density at radius 2 is 1.53 bits per heavy atom. The first kappa shape index (κ1) is 14.8. The van der Waals surface area contributed by atoms with Crippen LogP contribution in [0, 0.1) is 5.41 Å². The maximum atomic E-state index is 8.83.